The molecule has 0 fully saturated rings. The average Bonchev–Trinajstić information content (AvgIpc) is 2.57. The molecule has 0 spiro atoms. The molecule has 0 aliphatic carbocycles. The van der Waals surface area contributed by atoms with Crippen LogP contribution >= 0.6 is 11.6 Å². The molecule has 0 aliphatic heterocycles. The first-order chi connectivity index (χ1) is 11.5. The molecule has 0 unspecified atom stereocenters. The van der Waals surface area contributed by atoms with Gasteiger partial charge >= 0.3 is 0 Å². The van der Waals surface area contributed by atoms with E-state index in [1.807, 2.05) is 39.0 Å². The van der Waals surface area contributed by atoms with Crippen LogP contribution in [0.1, 0.15) is 42.7 Å². The van der Waals surface area contributed by atoms with Crippen molar-refractivity contribution < 1.29 is 14.3 Å². The molecule has 0 bridgehead atoms. The molecule has 0 aromatic heterocycles. The van der Waals surface area contributed by atoms with Crippen LogP contribution in [-0.2, 0) is 0 Å². The van der Waals surface area contributed by atoms with Crippen molar-refractivity contribution in [2.24, 2.45) is 0 Å². The van der Waals surface area contributed by atoms with Crippen LogP contribution < -0.4 is 14.8 Å². The summed E-state index contributed by atoms with van der Waals surface area (Å²) >= 11 is 5.85. The molecule has 1 N–H and O–H groups in total. The summed E-state index contributed by atoms with van der Waals surface area (Å²) in [6.45, 7) is 6.91. The maximum absolute atomic E-state index is 12.3. The van der Waals surface area contributed by atoms with Crippen molar-refractivity contribution in [3.8, 4) is 11.5 Å². The van der Waals surface area contributed by atoms with Gasteiger partial charge in [-0.25, -0.2) is 0 Å². The first-order valence-corrected chi connectivity index (χ1v) is 8.38. The number of amides is 1. The summed E-state index contributed by atoms with van der Waals surface area (Å²) < 4.78 is 11.2. The molecule has 0 saturated heterocycles. The number of carbonyl (C=O) groups excluding carboxylic acids is 1. The normalized spacial score (nSPS) is 11.7. The first-order valence-electron chi connectivity index (χ1n) is 8.01. The van der Waals surface area contributed by atoms with Crippen molar-refractivity contribution in [1.29, 1.82) is 0 Å². The molecular formula is C19H22ClNO3. The zero-order valence-corrected chi connectivity index (χ0v) is 14.9. The highest BCUT2D eigenvalue weighted by atomic mass is 35.5. The Balaban J connectivity index is 2.13. The summed E-state index contributed by atoms with van der Waals surface area (Å²) in [5.74, 6) is 1.25. The molecule has 0 heterocycles. The molecule has 2 aromatic rings. The number of hydrogen-bond donors (Lipinski definition) is 1. The second-order valence-electron chi connectivity index (χ2n) is 5.27. The van der Waals surface area contributed by atoms with E-state index in [1.54, 1.807) is 24.3 Å². The molecule has 24 heavy (non-hydrogen) atoms. The largest absolute Gasteiger partial charge is 0.490 e. The lowest BCUT2D eigenvalue weighted by Gasteiger charge is -2.17. The molecule has 2 rings (SSSR count). The molecular weight excluding hydrogens is 326 g/mol. The Morgan fingerprint density at radius 2 is 1.67 bits per heavy atom. The van der Waals surface area contributed by atoms with Gasteiger partial charge in [0, 0.05) is 10.6 Å². The standard InChI is InChI=1S/C19H22ClNO3/c1-4-23-17-11-8-15(12-18(17)24-5-2)13(3)21-19(22)14-6-9-16(20)10-7-14/h6-13H,4-5H2,1-3H3,(H,21,22)/t13-/m1/s1. The Hall–Kier alpha value is -2.20. The van der Waals surface area contributed by atoms with Crippen LogP contribution in [0.5, 0.6) is 11.5 Å². The van der Waals surface area contributed by atoms with Gasteiger partial charge in [0.1, 0.15) is 0 Å². The van der Waals surface area contributed by atoms with E-state index in [0.717, 1.165) is 5.56 Å². The maximum atomic E-state index is 12.3. The van der Waals surface area contributed by atoms with Crippen molar-refractivity contribution in [2.45, 2.75) is 26.8 Å². The third-order valence-electron chi connectivity index (χ3n) is 3.52. The highest BCUT2D eigenvalue weighted by molar-refractivity contribution is 6.30. The quantitative estimate of drug-likeness (QED) is 0.794. The van der Waals surface area contributed by atoms with Crippen LogP contribution in [0.3, 0.4) is 0 Å². The Kier molecular flexibility index (Phi) is 6.50. The van der Waals surface area contributed by atoms with Crippen LogP contribution in [0.4, 0.5) is 0 Å². The van der Waals surface area contributed by atoms with Crippen molar-refractivity contribution >= 4 is 17.5 Å². The van der Waals surface area contributed by atoms with Crippen molar-refractivity contribution in [2.75, 3.05) is 13.2 Å². The molecule has 1 amide bonds. The molecule has 128 valence electrons. The van der Waals surface area contributed by atoms with Gasteiger partial charge in [-0.2, -0.15) is 0 Å². The van der Waals surface area contributed by atoms with Gasteiger partial charge in [0.15, 0.2) is 11.5 Å². The fraction of sp³-hybridized carbons (Fsp3) is 0.316. The van der Waals surface area contributed by atoms with Gasteiger partial charge in [-0.05, 0) is 62.7 Å². The maximum Gasteiger partial charge on any atom is 0.251 e. The van der Waals surface area contributed by atoms with Crippen LogP contribution in [-0.4, -0.2) is 19.1 Å². The fourth-order valence-corrected chi connectivity index (χ4v) is 2.43. The third kappa shape index (κ3) is 4.65. The van der Waals surface area contributed by atoms with Crippen LogP contribution in [0, 0.1) is 0 Å². The monoisotopic (exact) mass is 347 g/mol. The summed E-state index contributed by atoms with van der Waals surface area (Å²) in [5, 5.41) is 3.58. The van der Waals surface area contributed by atoms with Gasteiger partial charge in [0.2, 0.25) is 0 Å². The summed E-state index contributed by atoms with van der Waals surface area (Å²) in [6, 6.07) is 12.3. The Morgan fingerprint density at radius 3 is 2.29 bits per heavy atom. The Labute approximate surface area is 147 Å². The van der Waals surface area contributed by atoms with E-state index in [0.29, 0.717) is 35.3 Å². The number of ether oxygens (including phenoxy) is 2. The van der Waals surface area contributed by atoms with Crippen molar-refractivity contribution in [3.63, 3.8) is 0 Å². The van der Waals surface area contributed by atoms with E-state index in [1.165, 1.54) is 0 Å². The minimum absolute atomic E-state index is 0.147. The molecule has 4 nitrogen and oxygen atoms in total. The molecule has 0 saturated carbocycles. The molecule has 2 aromatic carbocycles. The highest BCUT2D eigenvalue weighted by Gasteiger charge is 2.14. The van der Waals surface area contributed by atoms with Gasteiger partial charge in [0.05, 0.1) is 19.3 Å². The van der Waals surface area contributed by atoms with Crippen LogP contribution in [0.2, 0.25) is 5.02 Å². The zero-order chi connectivity index (χ0) is 17.5. The Bertz CT molecular complexity index is 686. The summed E-state index contributed by atoms with van der Waals surface area (Å²) in [6.07, 6.45) is 0. The summed E-state index contributed by atoms with van der Waals surface area (Å²) in [4.78, 5) is 12.3. The van der Waals surface area contributed by atoms with E-state index in [2.05, 4.69) is 5.32 Å². The van der Waals surface area contributed by atoms with Crippen molar-refractivity contribution in [3.05, 3.63) is 58.6 Å². The zero-order valence-electron chi connectivity index (χ0n) is 14.1. The third-order valence-corrected chi connectivity index (χ3v) is 3.77. The summed E-state index contributed by atoms with van der Waals surface area (Å²) in [7, 11) is 0. The highest BCUT2D eigenvalue weighted by Crippen LogP contribution is 2.30. The number of nitrogens with one attached hydrogen (secondary N) is 1. The predicted octanol–water partition coefficient (Wildman–Crippen LogP) is 4.63. The molecule has 0 radical (unpaired) electrons. The second kappa shape index (κ2) is 8.60. The van der Waals surface area contributed by atoms with Gasteiger partial charge in [0.25, 0.3) is 5.91 Å². The number of halogens is 1. The number of hydrogen-bond acceptors (Lipinski definition) is 3. The van der Waals surface area contributed by atoms with Crippen LogP contribution in [0.15, 0.2) is 42.5 Å². The lowest BCUT2D eigenvalue weighted by atomic mass is 10.1. The molecule has 5 heteroatoms. The molecule has 1 atom stereocenters. The van der Waals surface area contributed by atoms with Gasteiger partial charge < -0.3 is 14.8 Å². The lowest BCUT2D eigenvalue weighted by molar-refractivity contribution is 0.0940. The van der Waals surface area contributed by atoms with E-state index in [4.69, 9.17) is 21.1 Å². The first kappa shape index (κ1) is 18.1. The minimum atomic E-state index is -0.164. The van der Waals surface area contributed by atoms with E-state index in [9.17, 15) is 4.79 Å². The summed E-state index contributed by atoms with van der Waals surface area (Å²) in [5.41, 5.74) is 1.52. The fourth-order valence-electron chi connectivity index (χ4n) is 2.30. The number of carbonyl (C=O) groups is 1. The van der Waals surface area contributed by atoms with E-state index >= 15 is 0 Å². The minimum Gasteiger partial charge on any atom is -0.490 e. The number of benzene rings is 2. The second-order valence-corrected chi connectivity index (χ2v) is 5.71. The molecule has 0 aliphatic rings. The average molecular weight is 348 g/mol. The topological polar surface area (TPSA) is 47.6 Å². The van der Waals surface area contributed by atoms with Gasteiger partial charge in [-0.3, -0.25) is 4.79 Å². The van der Waals surface area contributed by atoms with E-state index < -0.39 is 0 Å². The predicted molar refractivity (Wildman–Crippen MR) is 96.1 cm³/mol. The van der Waals surface area contributed by atoms with E-state index in [-0.39, 0.29) is 11.9 Å². The van der Waals surface area contributed by atoms with Crippen LogP contribution in [0.25, 0.3) is 0 Å². The van der Waals surface area contributed by atoms with Crippen molar-refractivity contribution in [1.82, 2.24) is 5.32 Å². The Morgan fingerprint density at radius 1 is 1.04 bits per heavy atom. The van der Waals surface area contributed by atoms with Gasteiger partial charge in [-0.15, -0.1) is 0 Å². The lowest BCUT2D eigenvalue weighted by Crippen LogP contribution is -2.26. The van der Waals surface area contributed by atoms with Gasteiger partial charge in [-0.1, -0.05) is 17.7 Å². The smallest absolute Gasteiger partial charge is 0.251 e. The number of rotatable bonds is 7. The SMILES string of the molecule is CCOc1ccc([C@@H](C)NC(=O)c2ccc(Cl)cc2)cc1OCC.